The van der Waals surface area contributed by atoms with Crippen LogP contribution in [0.3, 0.4) is 0 Å². The van der Waals surface area contributed by atoms with Crippen molar-refractivity contribution in [3.05, 3.63) is 29.3 Å². The zero-order chi connectivity index (χ0) is 10.8. The van der Waals surface area contributed by atoms with Crippen molar-refractivity contribution in [2.45, 2.75) is 25.9 Å². The molecule has 1 N–H and O–H groups in total. The number of nitrogens with one attached hydrogen (secondary N) is 1. The number of nitrogens with zero attached hydrogens (tertiary/aromatic N) is 1. The first-order valence-electron chi connectivity index (χ1n) is 5.44. The van der Waals surface area contributed by atoms with Crippen molar-refractivity contribution in [2.75, 3.05) is 18.0 Å². The molecule has 3 heteroatoms. The minimum Gasteiger partial charge on any atom is -0.366 e. The molecule has 0 aromatic heterocycles. The second-order valence-corrected chi connectivity index (χ2v) is 4.59. The highest BCUT2D eigenvalue weighted by Gasteiger charge is 2.24. The van der Waals surface area contributed by atoms with Gasteiger partial charge in [-0.05, 0) is 32.0 Å². The molecule has 0 unspecified atom stereocenters. The summed E-state index contributed by atoms with van der Waals surface area (Å²) in [6.45, 7) is 6.56. The van der Waals surface area contributed by atoms with Gasteiger partial charge in [-0.15, -0.1) is 0 Å². The Morgan fingerprint density at radius 1 is 1.40 bits per heavy atom. The summed E-state index contributed by atoms with van der Waals surface area (Å²) in [5, 5.41) is 4.28. The zero-order valence-corrected chi connectivity index (χ0v) is 9.96. The highest BCUT2D eigenvalue weighted by atomic mass is 35.5. The Balaban J connectivity index is 2.22. The van der Waals surface area contributed by atoms with Crippen LogP contribution in [0.5, 0.6) is 0 Å². The van der Waals surface area contributed by atoms with Gasteiger partial charge in [-0.25, -0.2) is 0 Å². The molecule has 15 heavy (non-hydrogen) atoms. The second-order valence-electron chi connectivity index (χ2n) is 4.16. The van der Waals surface area contributed by atoms with E-state index in [4.69, 9.17) is 11.6 Å². The Morgan fingerprint density at radius 2 is 2.20 bits per heavy atom. The van der Waals surface area contributed by atoms with Crippen LogP contribution < -0.4 is 10.2 Å². The van der Waals surface area contributed by atoms with Crippen LogP contribution in [0.2, 0.25) is 5.02 Å². The maximum Gasteiger partial charge on any atom is 0.0426 e. The van der Waals surface area contributed by atoms with Gasteiger partial charge >= 0.3 is 0 Å². The first-order valence-corrected chi connectivity index (χ1v) is 5.82. The van der Waals surface area contributed by atoms with Gasteiger partial charge in [-0.2, -0.15) is 0 Å². The van der Waals surface area contributed by atoms with E-state index in [2.05, 4.69) is 30.1 Å². The van der Waals surface area contributed by atoms with Gasteiger partial charge in [0.1, 0.15) is 0 Å². The lowest BCUT2D eigenvalue weighted by Crippen LogP contribution is -2.55. The lowest BCUT2D eigenvalue weighted by Gasteiger charge is -2.40. The Hall–Kier alpha value is -0.730. The Kier molecular flexibility index (Phi) is 3.17. The standard InChI is InChI=1S/C12H17ClN2/c1-9-10(2)15(7-6-14-9)12-5-3-4-11(13)8-12/h3-5,8-10,14H,6-7H2,1-2H3/t9-,10+/m0/s1. The summed E-state index contributed by atoms with van der Waals surface area (Å²) < 4.78 is 0. The van der Waals surface area contributed by atoms with Crippen molar-refractivity contribution in [2.24, 2.45) is 0 Å². The molecule has 1 aliphatic rings. The average molecular weight is 225 g/mol. The molecular formula is C12H17ClN2. The molecule has 2 atom stereocenters. The van der Waals surface area contributed by atoms with Crippen molar-refractivity contribution in [1.82, 2.24) is 5.32 Å². The number of halogens is 1. The molecule has 82 valence electrons. The molecule has 0 amide bonds. The first-order chi connectivity index (χ1) is 7.18. The predicted molar refractivity (Wildman–Crippen MR) is 65.7 cm³/mol. The van der Waals surface area contributed by atoms with Crippen LogP contribution in [0.15, 0.2) is 24.3 Å². The largest absolute Gasteiger partial charge is 0.366 e. The van der Waals surface area contributed by atoms with Gasteiger partial charge in [-0.3, -0.25) is 0 Å². The van der Waals surface area contributed by atoms with Crippen molar-refractivity contribution in [3.63, 3.8) is 0 Å². The van der Waals surface area contributed by atoms with E-state index in [0.717, 1.165) is 18.1 Å². The van der Waals surface area contributed by atoms with E-state index in [1.165, 1.54) is 5.69 Å². The van der Waals surface area contributed by atoms with Crippen LogP contribution in [0, 0.1) is 0 Å². The summed E-state index contributed by atoms with van der Waals surface area (Å²) >= 11 is 6.01. The highest BCUT2D eigenvalue weighted by molar-refractivity contribution is 6.30. The monoisotopic (exact) mass is 224 g/mol. The van der Waals surface area contributed by atoms with E-state index in [1.807, 2.05) is 18.2 Å². The maximum absolute atomic E-state index is 6.01. The van der Waals surface area contributed by atoms with Gasteiger partial charge in [0.15, 0.2) is 0 Å². The Labute approximate surface area is 96.2 Å². The summed E-state index contributed by atoms with van der Waals surface area (Å²) in [6.07, 6.45) is 0. The number of benzene rings is 1. The van der Waals surface area contributed by atoms with Crippen LogP contribution in [0.4, 0.5) is 5.69 Å². The van der Waals surface area contributed by atoms with Gasteiger partial charge in [0.25, 0.3) is 0 Å². The number of hydrogen-bond acceptors (Lipinski definition) is 2. The van der Waals surface area contributed by atoms with Gasteiger partial charge < -0.3 is 10.2 Å². The van der Waals surface area contributed by atoms with Crippen LogP contribution in [-0.4, -0.2) is 25.2 Å². The van der Waals surface area contributed by atoms with Crippen molar-refractivity contribution in [3.8, 4) is 0 Å². The lowest BCUT2D eigenvalue weighted by atomic mass is 10.1. The fraction of sp³-hybridized carbons (Fsp3) is 0.500. The Morgan fingerprint density at radius 3 is 2.93 bits per heavy atom. The first kappa shape index (κ1) is 10.8. The van der Waals surface area contributed by atoms with E-state index < -0.39 is 0 Å². The summed E-state index contributed by atoms with van der Waals surface area (Å²) in [4.78, 5) is 2.41. The molecule has 0 spiro atoms. The summed E-state index contributed by atoms with van der Waals surface area (Å²) in [5.41, 5.74) is 1.23. The summed E-state index contributed by atoms with van der Waals surface area (Å²) in [6, 6.07) is 9.13. The molecule has 2 rings (SSSR count). The normalized spacial score (nSPS) is 26.7. The molecule has 1 saturated heterocycles. The van der Waals surface area contributed by atoms with E-state index in [1.54, 1.807) is 0 Å². The zero-order valence-electron chi connectivity index (χ0n) is 9.20. The van der Waals surface area contributed by atoms with Crippen LogP contribution in [-0.2, 0) is 0 Å². The van der Waals surface area contributed by atoms with E-state index >= 15 is 0 Å². The molecule has 0 saturated carbocycles. The smallest absolute Gasteiger partial charge is 0.0426 e. The third-order valence-corrected chi connectivity index (χ3v) is 3.41. The molecule has 0 aliphatic carbocycles. The SMILES string of the molecule is C[C@@H]1NCCN(c2cccc(Cl)c2)[C@@H]1C. The number of rotatable bonds is 1. The Bertz CT molecular complexity index is 340. The van der Waals surface area contributed by atoms with Crippen LogP contribution >= 0.6 is 11.6 Å². The van der Waals surface area contributed by atoms with Crippen LogP contribution in [0.25, 0.3) is 0 Å². The molecule has 1 aliphatic heterocycles. The third kappa shape index (κ3) is 2.27. The van der Waals surface area contributed by atoms with E-state index in [-0.39, 0.29) is 0 Å². The minimum atomic E-state index is 0.511. The maximum atomic E-state index is 6.01. The van der Waals surface area contributed by atoms with Gasteiger partial charge in [0, 0.05) is 35.9 Å². The fourth-order valence-electron chi connectivity index (χ4n) is 2.08. The third-order valence-electron chi connectivity index (χ3n) is 3.17. The average Bonchev–Trinajstić information content (AvgIpc) is 2.22. The molecule has 1 fully saturated rings. The van der Waals surface area contributed by atoms with E-state index in [0.29, 0.717) is 12.1 Å². The molecule has 1 aromatic carbocycles. The highest BCUT2D eigenvalue weighted by Crippen LogP contribution is 2.23. The van der Waals surface area contributed by atoms with E-state index in [9.17, 15) is 0 Å². The van der Waals surface area contributed by atoms with Gasteiger partial charge in [-0.1, -0.05) is 17.7 Å². The van der Waals surface area contributed by atoms with Crippen molar-refractivity contribution < 1.29 is 0 Å². The lowest BCUT2D eigenvalue weighted by molar-refractivity contribution is 0.404. The molecule has 2 nitrogen and oxygen atoms in total. The number of piperazine rings is 1. The van der Waals surface area contributed by atoms with Crippen LogP contribution in [0.1, 0.15) is 13.8 Å². The minimum absolute atomic E-state index is 0.511. The summed E-state index contributed by atoms with van der Waals surface area (Å²) in [7, 11) is 0. The van der Waals surface area contributed by atoms with Crippen molar-refractivity contribution >= 4 is 17.3 Å². The quantitative estimate of drug-likeness (QED) is 0.789. The molecule has 0 bridgehead atoms. The molecule has 1 aromatic rings. The molecular weight excluding hydrogens is 208 g/mol. The summed E-state index contributed by atoms with van der Waals surface area (Å²) in [5.74, 6) is 0. The molecule has 1 heterocycles. The number of anilines is 1. The topological polar surface area (TPSA) is 15.3 Å². The fourth-order valence-corrected chi connectivity index (χ4v) is 2.26. The number of hydrogen-bond donors (Lipinski definition) is 1. The predicted octanol–water partition coefficient (Wildman–Crippen LogP) is 2.53. The van der Waals surface area contributed by atoms with Crippen molar-refractivity contribution in [1.29, 1.82) is 0 Å². The molecule has 0 radical (unpaired) electrons. The van der Waals surface area contributed by atoms with Gasteiger partial charge in [0.05, 0.1) is 0 Å². The van der Waals surface area contributed by atoms with Gasteiger partial charge in [0.2, 0.25) is 0 Å². The second kappa shape index (κ2) is 4.42.